The van der Waals surface area contributed by atoms with Crippen LogP contribution >= 0.6 is 11.6 Å². The third kappa shape index (κ3) is 3.40. The molecular formula is C20H21ClN2O2. The highest BCUT2D eigenvalue weighted by Gasteiger charge is 2.25. The summed E-state index contributed by atoms with van der Waals surface area (Å²) >= 11 is 5.93. The maximum absolute atomic E-state index is 12.9. The number of amides is 2. The fraction of sp³-hybridized carbons (Fsp3) is 0.300. The van der Waals surface area contributed by atoms with Gasteiger partial charge in [-0.05, 0) is 54.8 Å². The van der Waals surface area contributed by atoms with Gasteiger partial charge < -0.3 is 9.80 Å². The molecule has 0 aromatic heterocycles. The van der Waals surface area contributed by atoms with Crippen LogP contribution in [-0.4, -0.2) is 30.3 Å². The van der Waals surface area contributed by atoms with Gasteiger partial charge in [-0.1, -0.05) is 23.7 Å². The van der Waals surface area contributed by atoms with Crippen LogP contribution in [0.2, 0.25) is 5.02 Å². The molecule has 1 aliphatic heterocycles. The lowest BCUT2D eigenvalue weighted by Gasteiger charge is -2.26. The van der Waals surface area contributed by atoms with Crippen molar-refractivity contribution in [3.8, 4) is 0 Å². The molecule has 0 saturated carbocycles. The Morgan fingerprint density at radius 2 is 1.84 bits per heavy atom. The number of carbonyl (C=O) groups is 2. The summed E-state index contributed by atoms with van der Waals surface area (Å²) in [6, 6.07) is 13.0. The van der Waals surface area contributed by atoms with Gasteiger partial charge in [0.2, 0.25) is 5.91 Å². The Kier molecular flexibility index (Phi) is 4.82. The number of carbonyl (C=O) groups excluding carboxylic acids is 2. The molecule has 1 aliphatic rings. The van der Waals surface area contributed by atoms with Gasteiger partial charge in [-0.3, -0.25) is 9.59 Å². The summed E-state index contributed by atoms with van der Waals surface area (Å²) in [4.78, 5) is 28.0. The van der Waals surface area contributed by atoms with Gasteiger partial charge in [-0.15, -0.1) is 0 Å². The largest absolute Gasteiger partial charge is 0.335 e. The molecular weight excluding hydrogens is 336 g/mol. The van der Waals surface area contributed by atoms with Crippen LogP contribution < -0.4 is 4.90 Å². The highest BCUT2D eigenvalue weighted by atomic mass is 35.5. The lowest BCUT2D eigenvalue weighted by molar-refractivity contribution is -0.116. The first kappa shape index (κ1) is 17.5. The number of nitrogens with zero attached hydrogens (tertiary/aromatic N) is 2. The average molecular weight is 357 g/mol. The van der Waals surface area contributed by atoms with Crippen molar-refractivity contribution in [3.63, 3.8) is 0 Å². The van der Waals surface area contributed by atoms with E-state index in [0.717, 1.165) is 23.2 Å². The van der Waals surface area contributed by atoms with E-state index in [9.17, 15) is 9.59 Å². The molecule has 0 bridgehead atoms. The second kappa shape index (κ2) is 6.89. The van der Waals surface area contributed by atoms with Gasteiger partial charge in [0.15, 0.2) is 0 Å². The molecule has 1 atom stereocenters. The Morgan fingerprint density at radius 1 is 1.16 bits per heavy atom. The van der Waals surface area contributed by atoms with Crippen molar-refractivity contribution in [2.45, 2.75) is 26.3 Å². The molecule has 2 amide bonds. The summed E-state index contributed by atoms with van der Waals surface area (Å²) in [6.07, 6.45) is 0.784. The number of halogens is 1. The minimum Gasteiger partial charge on any atom is -0.335 e. The first-order valence-corrected chi connectivity index (χ1v) is 8.70. The van der Waals surface area contributed by atoms with Crippen LogP contribution in [0.1, 0.15) is 41.4 Å². The fourth-order valence-electron chi connectivity index (χ4n) is 3.21. The van der Waals surface area contributed by atoms with Crippen molar-refractivity contribution >= 4 is 29.1 Å². The molecule has 25 heavy (non-hydrogen) atoms. The van der Waals surface area contributed by atoms with Crippen molar-refractivity contribution in [1.29, 1.82) is 0 Å². The van der Waals surface area contributed by atoms with Crippen LogP contribution in [-0.2, 0) is 11.2 Å². The van der Waals surface area contributed by atoms with Gasteiger partial charge >= 0.3 is 0 Å². The predicted octanol–water partition coefficient (Wildman–Crippen LogP) is 4.08. The molecule has 1 unspecified atom stereocenters. The van der Waals surface area contributed by atoms with Gasteiger partial charge in [-0.25, -0.2) is 0 Å². The quantitative estimate of drug-likeness (QED) is 0.831. The molecule has 1 heterocycles. The summed E-state index contributed by atoms with van der Waals surface area (Å²) in [7, 11) is 1.80. The standard InChI is InChI=1S/C20H21ClN2O2/c1-13(15-4-7-18(21)8-5-15)22(3)20(25)17-6-9-19-16(12-17)10-11-23(19)14(2)24/h4-9,12-13H,10-11H2,1-3H3. The Bertz CT molecular complexity index is 817. The SMILES string of the molecule is CC(=O)N1CCc2cc(C(=O)N(C)C(C)c3ccc(Cl)cc3)ccc21. The maximum Gasteiger partial charge on any atom is 0.254 e. The van der Waals surface area contributed by atoms with E-state index in [4.69, 9.17) is 11.6 Å². The molecule has 4 nitrogen and oxygen atoms in total. The first-order chi connectivity index (χ1) is 11.9. The van der Waals surface area contributed by atoms with Crippen LogP contribution in [0, 0.1) is 0 Å². The second-order valence-corrected chi connectivity index (χ2v) is 6.84. The molecule has 3 rings (SSSR count). The van der Waals surface area contributed by atoms with E-state index in [1.165, 1.54) is 0 Å². The van der Waals surface area contributed by atoms with Gasteiger partial charge in [0, 0.05) is 36.8 Å². The summed E-state index contributed by atoms with van der Waals surface area (Å²) in [5.74, 6) is -0.00201. The molecule has 0 N–H and O–H groups in total. The van der Waals surface area contributed by atoms with Gasteiger partial charge in [0.25, 0.3) is 5.91 Å². The highest BCUT2D eigenvalue weighted by molar-refractivity contribution is 6.30. The number of hydrogen-bond acceptors (Lipinski definition) is 2. The number of anilines is 1. The van der Waals surface area contributed by atoms with Crippen LogP contribution in [0.4, 0.5) is 5.69 Å². The maximum atomic E-state index is 12.9. The van der Waals surface area contributed by atoms with E-state index in [1.807, 2.05) is 43.3 Å². The molecule has 130 valence electrons. The van der Waals surface area contributed by atoms with Crippen molar-refractivity contribution in [2.24, 2.45) is 0 Å². The smallest absolute Gasteiger partial charge is 0.254 e. The molecule has 0 spiro atoms. The Balaban J connectivity index is 1.81. The van der Waals surface area contributed by atoms with Crippen LogP contribution in [0.25, 0.3) is 0 Å². The normalized spacial score (nSPS) is 14.2. The third-order valence-electron chi connectivity index (χ3n) is 4.86. The van der Waals surface area contributed by atoms with Crippen LogP contribution in [0.3, 0.4) is 0 Å². The van der Waals surface area contributed by atoms with E-state index in [-0.39, 0.29) is 17.9 Å². The zero-order chi connectivity index (χ0) is 18.1. The number of benzene rings is 2. The Labute approximate surface area is 153 Å². The number of hydrogen-bond donors (Lipinski definition) is 0. The summed E-state index contributed by atoms with van der Waals surface area (Å²) in [5, 5.41) is 0.679. The minimum absolute atomic E-state index is 0.0336. The Hall–Kier alpha value is -2.33. The lowest BCUT2D eigenvalue weighted by atomic mass is 10.0. The van der Waals surface area contributed by atoms with Gasteiger partial charge in [0.1, 0.15) is 0 Å². The van der Waals surface area contributed by atoms with Gasteiger partial charge in [0.05, 0.1) is 6.04 Å². The second-order valence-electron chi connectivity index (χ2n) is 6.41. The fourth-order valence-corrected chi connectivity index (χ4v) is 3.33. The third-order valence-corrected chi connectivity index (χ3v) is 5.11. The van der Waals surface area contributed by atoms with E-state index >= 15 is 0 Å². The van der Waals surface area contributed by atoms with E-state index in [2.05, 4.69) is 0 Å². The molecule has 2 aromatic rings. The van der Waals surface area contributed by atoms with Crippen molar-refractivity contribution in [3.05, 3.63) is 64.2 Å². The molecule has 0 fully saturated rings. The van der Waals surface area contributed by atoms with E-state index in [0.29, 0.717) is 17.1 Å². The topological polar surface area (TPSA) is 40.6 Å². The lowest BCUT2D eigenvalue weighted by Crippen LogP contribution is -2.29. The van der Waals surface area contributed by atoms with E-state index in [1.54, 1.807) is 29.8 Å². The minimum atomic E-state index is -0.0632. The summed E-state index contributed by atoms with van der Waals surface area (Å²) < 4.78 is 0. The average Bonchev–Trinajstić information content (AvgIpc) is 3.04. The number of rotatable bonds is 3. The van der Waals surface area contributed by atoms with Gasteiger partial charge in [-0.2, -0.15) is 0 Å². The summed E-state index contributed by atoms with van der Waals surface area (Å²) in [5.41, 5.74) is 3.64. The molecule has 2 aromatic carbocycles. The molecule has 0 aliphatic carbocycles. The predicted molar refractivity (Wildman–Crippen MR) is 100 cm³/mol. The highest BCUT2D eigenvalue weighted by Crippen LogP contribution is 2.30. The van der Waals surface area contributed by atoms with Crippen LogP contribution in [0.5, 0.6) is 0 Å². The molecule has 0 radical (unpaired) electrons. The summed E-state index contributed by atoms with van der Waals surface area (Å²) in [6.45, 7) is 4.24. The van der Waals surface area contributed by atoms with Crippen molar-refractivity contribution in [2.75, 3.05) is 18.5 Å². The first-order valence-electron chi connectivity index (χ1n) is 8.32. The van der Waals surface area contributed by atoms with Crippen LogP contribution in [0.15, 0.2) is 42.5 Å². The van der Waals surface area contributed by atoms with E-state index < -0.39 is 0 Å². The van der Waals surface area contributed by atoms with Crippen molar-refractivity contribution < 1.29 is 9.59 Å². The monoisotopic (exact) mass is 356 g/mol. The zero-order valence-corrected chi connectivity index (χ0v) is 15.4. The number of fused-ring (bicyclic) bond motifs is 1. The Morgan fingerprint density at radius 3 is 2.48 bits per heavy atom. The van der Waals surface area contributed by atoms with Crippen molar-refractivity contribution in [1.82, 2.24) is 4.90 Å². The molecule has 5 heteroatoms. The molecule has 0 saturated heterocycles. The zero-order valence-electron chi connectivity index (χ0n) is 14.6.